The molecule has 21 heavy (non-hydrogen) atoms. The van der Waals surface area contributed by atoms with Crippen molar-refractivity contribution in [1.29, 1.82) is 0 Å². The Balaban J connectivity index is 2.27. The Bertz CT molecular complexity index is 676. The molecule has 4 nitrogen and oxygen atoms in total. The Hall–Kier alpha value is -1.72. The fraction of sp³-hybridized carbons (Fsp3) is 0.133. The Morgan fingerprint density at radius 1 is 1.38 bits per heavy atom. The van der Waals surface area contributed by atoms with Crippen molar-refractivity contribution >= 4 is 39.2 Å². The maximum Gasteiger partial charge on any atom is 0.337 e. The largest absolute Gasteiger partial charge is 0.496 e. The number of benzene rings is 2. The smallest absolute Gasteiger partial charge is 0.337 e. The van der Waals surface area contributed by atoms with Crippen molar-refractivity contribution in [2.24, 2.45) is 0 Å². The number of carboxylic acids is 1. The Labute approximate surface area is 135 Å². The lowest BCUT2D eigenvalue weighted by molar-refractivity contribution is 0.0698. The first kappa shape index (κ1) is 15.7. The van der Waals surface area contributed by atoms with E-state index in [1.54, 1.807) is 37.4 Å². The van der Waals surface area contributed by atoms with Crippen molar-refractivity contribution in [2.45, 2.75) is 6.54 Å². The zero-order valence-electron chi connectivity index (χ0n) is 11.2. The van der Waals surface area contributed by atoms with Crippen molar-refractivity contribution in [2.75, 3.05) is 12.4 Å². The predicted octanol–water partition coefficient (Wildman–Crippen LogP) is 4.42. The lowest BCUT2D eigenvalue weighted by atomic mass is 10.1. The van der Waals surface area contributed by atoms with Crippen LogP contribution in [0.1, 0.15) is 15.9 Å². The molecule has 0 atom stereocenters. The average molecular weight is 371 g/mol. The van der Waals surface area contributed by atoms with E-state index in [-0.39, 0.29) is 5.56 Å². The van der Waals surface area contributed by atoms with Crippen molar-refractivity contribution < 1.29 is 14.6 Å². The molecule has 2 N–H and O–H groups in total. The molecule has 0 radical (unpaired) electrons. The van der Waals surface area contributed by atoms with E-state index >= 15 is 0 Å². The number of anilines is 1. The minimum Gasteiger partial charge on any atom is -0.496 e. The number of methoxy groups -OCH3 is 1. The van der Waals surface area contributed by atoms with Gasteiger partial charge in [-0.05, 0) is 30.3 Å². The SMILES string of the molecule is COc1cccc(Cl)c1CNc1ccc(Br)cc1C(=O)O. The van der Waals surface area contributed by atoms with Gasteiger partial charge in [-0.15, -0.1) is 0 Å². The molecule has 0 amide bonds. The number of aromatic carboxylic acids is 1. The average Bonchev–Trinajstić information content (AvgIpc) is 2.46. The van der Waals surface area contributed by atoms with Gasteiger partial charge in [0.15, 0.2) is 0 Å². The lowest BCUT2D eigenvalue weighted by Crippen LogP contribution is -2.07. The molecule has 0 aliphatic rings. The van der Waals surface area contributed by atoms with Crippen LogP contribution in [-0.2, 0) is 6.54 Å². The lowest BCUT2D eigenvalue weighted by Gasteiger charge is -2.14. The summed E-state index contributed by atoms with van der Waals surface area (Å²) in [6.07, 6.45) is 0. The molecule has 2 aromatic rings. The van der Waals surface area contributed by atoms with Gasteiger partial charge in [0.05, 0.1) is 12.7 Å². The van der Waals surface area contributed by atoms with Crippen molar-refractivity contribution in [1.82, 2.24) is 0 Å². The predicted molar refractivity (Wildman–Crippen MR) is 86.4 cm³/mol. The number of halogens is 2. The second-order valence-electron chi connectivity index (χ2n) is 4.27. The Morgan fingerprint density at radius 3 is 2.81 bits per heavy atom. The third kappa shape index (κ3) is 3.68. The molecular weight excluding hydrogens is 358 g/mol. The summed E-state index contributed by atoms with van der Waals surface area (Å²) < 4.78 is 5.97. The Kier molecular flexibility index (Phi) is 5.09. The van der Waals surface area contributed by atoms with Gasteiger partial charge in [-0.3, -0.25) is 0 Å². The molecule has 0 fully saturated rings. The molecule has 0 aliphatic heterocycles. The molecule has 0 aromatic heterocycles. The monoisotopic (exact) mass is 369 g/mol. The van der Waals surface area contributed by atoms with Gasteiger partial charge in [0.2, 0.25) is 0 Å². The third-order valence-electron chi connectivity index (χ3n) is 2.96. The standard InChI is InChI=1S/C15H13BrClNO3/c1-21-14-4-2-3-12(17)11(14)8-18-13-6-5-9(16)7-10(13)15(19)20/h2-7,18H,8H2,1H3,(H,19,20). The molecule has 2 rings (SSSR count). The van der Waals surface area contributed by atoms with Gasteiger partial charge < -0.3 is 15.2 Å². The van der Waals surface area contributed by atoms with Gasteiger partial charge in [-0.2, -0.15) is 0 Å². The van der Waals surface area contributed by atoms with E-state index in [0.29, 0.717) is 27.5 Å². The van der Waals surface area contributed by atoms with Crippen LogP contribution in [0.5, 0.6) is 5.75 Å². The summed E-state index contributed by atoms with van der Waals surface area (Å²) in [6.45, 7) is 0.366. The van der Waals surface area contributed by atoms with E-state index in [1.807, 2.05) is 6.07 Å². The summed E-state index contributed by atoms with van der Waals surface area (Å²) >= 11 is 9.42. The number of carboxylic acid groups (broad SMARTS) is 1. The van der Waals surface area contributed by atoms with Gasteiger partial charge in [0, 0.05) is 27.3 Å². The minimum absolute atomic E-state index is 0.190. The fourth-order valence-electron chi connectivity index (χ4n) is 1.93. The van der Waals surface area contributed by atoms with E-state index in [2.05, 4.69) is 21.2 Å². The highest BCUT2D eigenvalue weighted by atomic mass is 79.9. The van der Waals surface area contributed by atoms with Gasteiger partial charge in [0.25, 0.3) is 0 Å². The molecule has 110 valence electrons. The summed E-state index contributed by atoms with van der Waals surface area (Å²) in [5, 5.41) is 12.9. The second-order valence-corrected chi connectivity index (χ2v) is 5.59. The number of hydrogen-bond acceptors (Lipinski definition) is 3. The van der Waals surface area contributed by atoms with Crippen LogP contribution in [0.4, 0.5) is 5.69 Å². The Morgan fingerprint density at radius 2 is 2.14 bits per heavy atom. The summed E-state index contributed by atoms with van der Waals surface area (Å²) in [7, 11) is 1.57. The maximum absolute atomic E-state index is 11.3. The molecule has 2 aromatic carbocycles. The second kappa shape index (κ2) is 6.83. The number of ether oxygens (including phenoxy) is 1. The number of nitrogens with one attached hydrogen (secondary N) is 1. The highest BCUT2D eigenvalue weighted by Gasteiger charge is 2.12. The van der Waals surface area contributed by atoms with E-state index in [4.69, 9.17) is 16.3 Å². The van der Waals surface area contributed by atoms with Crippen LogP contribution in [0, 0.1) is 0 Å². The van der Waals surface area contributed by atoms with Crippen LogP contribution in [0.2, 0.25) is 5.02 Å². The van der Waals surface area contributed by atoms with Gasteiger partial charge in [-0.25, -0.2) is 4.79 Å². The number of rotatable bonds is 5. The van der Waals surface area contributed by atoms with Gasteiger partial charge in [0.1, 0.15) is 5.75 Å². The van der Waals surface area contributed by atoms with Crippen LogP contribution in [0.25, 0.3) is 0 Å². The highest BCUT2D eigenvalue weighted by Crippen LogP contribution is 2.28. The summed E-state index contributed by atoms with van der Waals surface area (Å²) in [5.74, 6) is -0.339. The molecule has 6 heteroatoms. The maximum atomic E-state index is 11.3. The molecule has 0 heterocycles. The third-order valence-corrected chi connectivity index (χ3v) is 3.81. The first-order valence-corrected chi connectivity index (χ1v) is 7.28. The quantitative estimate of drug-likeness (QED) is 0.818. The number of hydrogen-bond donors (Lipinski definition) is 2. The molecule has 0 bridgehead atoms. The zero-order valence-corrected chi connectivity index (χ0v) is 13.5. The van der Waals surface area contributed by atoms with Crippen molar-refractivity contribution in [3.05, 3.63) is 57.0 Å². The van der Waals surface area contributed by atoms with E-state index in [0.717, 1.165) is 5.56 Å². The normalized spacial score (nSPS) is 10.2. The van der Waals surface area contributed by atoms with Crippen LogP contribution < -0.4 is 10.1 Å². The van der Waals surface area contributed by atoms with E-state index in [9.17, 15) is 9.90 Å². The number of carbonyl (C=O) groups is 1. The molecule has 0 saturated heterocycles. The first-order chi connectivity index (χ1) is 10.0. The van der Waals surface area contributed by atoms with Gasteiger partial charge in [-0.1, -0.05) is 33.6 Å². The summed E-state index contributed by atoms with van der Waals surface area (Å²) in [5.41, 5.74) is 1.49. The van der Waals surface area contributed by atoms with Gasteiger partial charge >= 0.3 is 5.97 Å². The van der Waals surface area contributed by atoms with E-state index < -0.39 is 5.97 Å². The van der Waals surface area contributed by atoms with Crippen molar-refractivity contribution in [3.8, 4) is 5.75 Å². The topological polar surface area (TPSA) is 58.6 Å². The van der Waals surface area contributed by atoms with Crippen LogP contribution in [0.3, 0.4) is 0 Å². The first-order valence-electron chi connectivity index (χ1n) is 6.11. The molecule has 0 aliphatic carbocycles. The van der Waals surface area contributed by atoms with Crippen LogP contribution in [0.15, 0.2) is 40.9 Å². The molecular formula is C15H13BrClNO3. The summed E-state index contributed by atoms with van der Waals surface area (Å²) in [4.78, 5) is 11.3. The molecule has 0 saturated carbocycles. The highest BCUT2D eigenvalue weighted by molar-refractivity contribution is 9.10. The fourth-order valence-corrected chi connectivity index (χ4v) is 2.53. The van der Waals surface area contributed by atoms with E-state index in [1.165, 1.54) is 0 Å². The van der Waals surface area contributed by atoms with Crippen molar-refractivity contribution in [3.63, 3.8) is 0 Å². The summed E-state index contributed by atoms with van der Waals surface area (Å²) in [6, 6.07) is 10.4. The minimum atomic E-state index is -0.995. The molecule has 0 unspecified atom stereocenters. The molecule has 0 spiro atoms. The zero-order chi connectivity index (χ0) is 15.4. The van der Waals surface area contributed by atoms with Crippen LogP contribution in [-0.4, -0.2) is 18.2 Å². The van der Waals surface area contributed by atoms with Crippen LogP contribution >= 0.6 is 27.5 Å².